The summed E-state index contributed by atoms with van der Waals surface area (Å²) >= 11 is 0. The Bertz CT molecular complexity index is 323. The molecule has 0 radical (unpaired) electrons. The summed E-state index contributed by atoms with van der Waals surface area (Å²) in [6.07, 6.45) is 3.18. The molecule has 72 valence electrons. The normalized spacial score (nSPS) is 8.57. The van der Waals surface area contributed by atoms with Crippen molar-refractivity contribution >= 4 is 5.87 Å². The molecule has 0 saturated heterocycles. The predicted octanol–water partition coefficient (Wildman–Crippen LogP) is 2.57. The Morgan fingerprint density at radius 2 is 2.14 bits per heavy atom. The van der Waals surface area contributed by atoms with Crippen LogP contribution in [0.5, 0.6) is 0 Å². The molecule has 0 unspecified atom stereocenters. The molecular formula is C12H13NO. The summed E-state index contributed by atoms with van der Waals surface area (Å²) < 4.78 is 5.20. The van der Waals surface area contributed by atoms with E-state index in [1.54, 1.807) is 6.08 Å². The van der Waals surface area contributed by atoms with E-state index in [0.717, 1.165) is 5.56 Å². The van der Waals surface area contributed by atoms with E-state index in [1.165, 1.54) is 6.26 Å². The molecule has 2 heteroatoms. The minimum Gasteiger partial charge on any atom is -0.487 e. The number of hydrogen-bond donors (Lipinski definition) is 0. The van der Waals surface area contributed by atoms with Crippen LogP contribution in [0, 0.1) is 0 Å². The number of ether oxygens (including phenoxy) is 1. The van der Waals surface area contributed by atoms with Crippen molar-refractivity contribution in [1.82, 2.24) is 0 Å². The third-order valence-electron chi connectivity index (χ3n) is 1.54. The second kappa shape index (κ2) is 6.70. The van der Waals surface area contributed by atoms with Gasteiger partial charge >= 0.3 is 0 Å². The highest BCUT2D eigenvalue weighted by molar-refractivity contribution is 5.49. The Morgan fingerprint density at radius 3 is 2.86 bits per heavy atom. The molecule has 0 N–H and O–H groups in total. The number of nitrogens with zero attached hydrogens (tertiary/aromatic N) is 1. The summed E-state index contributed by atoms with van der Waals surface area (Å²) in [4.78, 5) is 3.87. The van der Waals surface area contributed by atoms with Gasteiger partial charge in [0.2, 0.25) is 0 Å². The molecule has 0 amide bonds. The zero-order valence-corrected chi connectivity index (χ0v) is 8.02. The standard InChI is InChI=1S/C12H13NO/c1-2-8-13-9-10-14-11-12-6-4-3-5-7-12/h2-7,10H,1,8,11H2. The maximum atomic E-state index is 5.20. The van der Waals surface area contributed by atoms with E-state index < -0.39 is 0 Å². The van der Waals surface area contributed by atoms with Crippen LogP contribution in [0.4, 0.5) is 0 Å². The van der Waals surface area contributed by atoms with E-state index in [1.807, 2.05) is 30.3 Å². The lowest BCUT2D eigenvalue weighted by atomic mass is 10.2. The zero-order chi connectivity index (χ0) is 10.1. The summed E-state index contributed by atoms with van der Waals surface area (Å²) in [6.45, 7) is 4.67. The molecule has 0 atom stereocenters. The third-order valence-corrected chi connectivity index (χ3v) is 1.54. The van der Waals surface area contributed by atoms with E-state index in [0.29, 0.717) is 13.2 Å². The summed E-state index contributed by atoms with van der Waals surface area (Å²) in [5.41, 5.74) is 1.13. The lowest BCUT2D eigenvalue weighted by Crippen LogP contribution is -1.84. The molecule has 0 aliphatic heterocycles. The monoisotopic (exact) mass is 187 g/mol. The van der Waals surface area contributed by atoms with E-state index >= 15 is 0 Å². The topological polar surface area (TPSA) is 21.6 Å². The molecular weight excluding hydrogens is 174 g/mol. The van der Waals surface area contributed by atoms with Gasteiger partial charge in [-0.2, -0.15) is 0 Å². The first-order valence-corrected chi connectivity index (χ1v) is 4.43. The molecule has 14 heavy (non-hydrogen) atoms. The fraction of sp³-hybridized carbons (Fsp3) is 0.167. The molecule has 1 aromatic carbocycles. The van der Waals surface area contributed by atoms with Crippen molar-refractivity contribution in [2.75, 3.05) is 6.54 Å². The number of aliphatic imine (C=N–C) groups is 1. The molecule has 0 fully saturated rings. The lowest BCUT2D eigenvalue weighted by Gasteiger charge is -1.97. The van der Waals surface area contributed by atoms with Crippen molar-refractivity contribution < 1.29 is 4.74 Å². The smallest absolute Gasteiger partial charge is 0.144 e. The third kappa shape index (κ3) is 4.29. The first-order chi connectivity index (χ1) is 6.93. The minimum atomic E-state index is 0.553. The van der Waals surface area contributed by atoms with E-state index in [4.69, 9.17) is 4.74 Å². The summed E-state index contributed by atoms with van der Waals surface area (Å²) in [5, 5.41) is 0. The Kier molecular flexibility index (Phi) is 4.92. The van der Waals surface area contributed by atoms with E-state index in [-0.39, 0.29) is 0 Å². The van der Waals surface area contributed by atoms with Gasteiger partial charge in [0.05, 0.1) is 6.54 Å². The van der Waals surface area contributed by atoms with Crippen LogP contribution in [0.15, 0.2) is 54.2 Å². The van der Waals surface area contributed by atoms with Crippen LogP contribution in [0.25, 0.3) is 0 Å². The van der Waals surface area contributed by atoms with Crippen molar-refractivity contribution in [2.24, 2.45) is 4.99 Å². The fourth-order valence-electron chi connectivity index (χ4n) is 0.904. The predicted molar refractivity (Wildman–Crippen MR) is 58.3 cm³/mol. The molecule has 1 aromatic rings. The highest BCUT2D eigenvalue weighted by Gasteiger charge is 1.86. The quantitative estimate of drug-likeness (QED) is 0.394. The number of benzene rings is 1. The molecule has 0 aliphatic carbocycles. The van der Waals surface area contributed by atoms with E-state index in [9.17, 15) is 0 Å². The first kappa shape index (κ1) is 10.3. The van der Waals surface area contributed by atoms with Crippen molar-refractivity contribution in [3.05, 3.63) is 54.8 Å². The van der Waals surface area contributed by atoms with Gasteiger partial charge in [-0.25, -0.2) is 4.99 Å². The van der Waals surface area contributed by atoms with Gasteiger partial charge < -0.3 is 4.74 Å². The maximum Gasteiger partial charge on any atom is 0.144 e. The zero-order valence-electron chi connectivity index (χ0n) is 8.02. The molecule has 0 aromatic heterocycles. The minimum absolute atomic E-state index is 0.553. The van der Waals surface area contributed by atoms with Crippen LogP contribution in [-0.2, 0) is 11.3 Å². The summed E-state index contributed by atoms with van der Waals surface area (Å²) in [5.74, 6) is 2.66. The van der Waals surface area contributed by atoms with Gasteiger partial charge in [0.1, 0.15) is 12.9 Å². The van der Waals surface area contributed by atoms with Gasteiger partial charge in [-0.1, -0.05) is 36.4 Å². The van der Waals surface area contributed by atoms with Crippen LogP contribution in [0.1, 0.15) is 5.56 Å². The largest absolute Gasteiger partial charge is 0.487 e. The SMILES string of the molecule is C=CCN=C=COCc1ccccc1. The lowest BCUT2D eigenvalue weighted by molar-refractivity contribution is 0.240. The van der Waals surface area contributed by atoms with Gasteiger partial charge in [-0.05, 0) is 5.56 Å². The van der Waals surface area contributed by atoms with Gasteiger partial charge in [0.25, 0.3) is 0 Å². The second-order valence-electron chi connectivity index (χ2n) is 2.67. The molecule has 0 spiro atoms. The summed E-state index contributed by atoms with van der Waals surface area (Å²) in [7, 11) is 0. The Hall–Kier alpha value is -1.79. The average Bonchev–Trinajstić information content (AvgIpc) is 2.25. The van der Waals surface area contributed by atoms with Gasteiger partial charge in [-0.3, -0.25) is 0 Å². The molecule has 2 nitrogen and oxygen atoms in total. The van der Waals surface area contributed by atoms with Crippen LogP contribution >= 0.6 is 0 Å². The van der Waals surface area contributed by atoms with Crippen molar-refractivity contribution in [1.29, 1.82) is 0 Å². The first-order valence-electron chi connectivity index (χ1n) is 4.43. The molecule has 1 rings (SSSR count). The Labute approximate surface area is 84.3 Å². The van der Waals surface area contributed by atoms with Gasteiger partial charge in [0.15, 0.2) is 0 Å². The molecule has 0 aliphatic rings. The van der Waals surface area contributed by atoms with Crippen molar-refractivity contribution in [3.8, 4) is 0 Å². The number of hydrogen-bond acceptors (Lipinski definition) is 2. The van der Waals surface area contributed by atoms with Crippen LogP contribution in [0.2, 0.25) is 0 Å². The van der Waals surface area contributed by atoms with Crippen LogP contribution < -0.4 is 0 Å². The Morgan fingerprint density at radius 1 is 1.36 bits per heavy atom. The highest BCUT2D eigenvalue weighted by Crippen LogP contribution is 1.99. The summed E-state index contributed by atoms with van der Waals surface area (Å²) in [6, 6.07) is 9.96. The van der Waals surface area contributed by atoms with Crippen molar-refractivity contribution in [2.45, 2.75) is 6.61 Å². The molecule has 0 saturated carbocycles. The Balaban J connectivity index is 2.28. The molecule has 0 bridgehead atoms. The average molecular weight is 187 g/mol. The van der Waals surface area contributed by atoms with E-state index in [2.05, 4.69) is 17.4 Å². The van der Waals surface area contributed by atoms with Crippen LogP contribution in [-0.4, -0.2) is 12.4 Å². The molecule has 0 heterocycles. The fourth-order valence-corrected chi connectivity index (χ4v) is 0.904. The van der Waals surface area contributed by atoms with Gasteiger partial charge in [0, 0.05) is 5.87 Å². The van der Waals surface area contributed by atoms with Crippen molar-refractivity contribution in [3.63, 3.8) is 0 Å². The van der Waals surface area contributed by atoms with Gasteiger partial charge in [-0.15, -0.1) is 6.58 Å². The number of rotatable bonds is 5. The van der Waals surface area contributed by atoms with Crippen LogP contribution in [0.3, 0.4) is 0 Å². The maximum absolute atomic E-state index is 5.20. The highest BCUT2D eigenvalue weighted by atomic mass is 16.5. The second-order valence-corrected chi connectivity index (χ2v) is 2.67.